The molecule has 233 valence electrons. The van der Waals surface area contributed by atoms with Gasteiger partial charge in [0, 0.05) is 33.7 Å². The number of nitrogens with zero attached hydrogens (tertiary/aromatic N) is 2. The summed E-state index contributed by atoms with van der Waals surface area (Å²) in [6.45, 7) is 3.81. The summed E-state index contributed by atoms with van der Waals surface area (Å²) < 4.78 is 20.7. The van der Waals surface area contributed by atoms with Gasteiger partial charge in [-0.3, -0.25) is 0 Å². The van der Waals surface area contributed by atoms with E-state index in [0.29, 0.717) is 5.56 Å². The van der Waals surface area contributed by atoms with Crippen LogP contribution in [0, 0.1) is 18.1 Å². The van der Waals surface area contributed by atoms with E-state index in [0.717, 1.165) is 27.2 Å². The third-order valence-corrected chi connectivity index (χ3v) is 13.1. The number of pyridine rings is 2. The van der Waals surface area contributed by atoms with Crippen molar-refractivity contribution in [3.8, 4) is 33.6 Å². The molecule has 1 radical (unpaired) electrons. The zero-order chi connectivity index (χ0) is 33.2. The Labute approximate surface area is 296 Å². The summed E-state index contributed by atoms with van der Waals surface area (Å²) in [7, 11) is 0. The first-order chi connectivity index (χ1) is 22.5. The number of rotatable bonds is 6. The van der Waals surface area contributed by atoms with Crippen molar-refractivity contribution in [1.82, 2.24) is 9.97 Å². The molecule has 0 aliphatic heterocycles. The quantitative estimate of drug-likeness (QED) is 0.123. The molecule has 0 saturated heterocycles. The summed E-state index contributed by atoms with van der Waals surface area (Å²) in [6, 6.07) is 43.6. The maximum atomic E-state index is 8.47. The summed E-state index contributed by atoms with van der Waals surface area (Å²) in [5.74, 6) is 7.02. The van der Waals surface area contributed by atoms with Crippen molar-refractivity contribution in [3.05, 3.63) is 139 Å². The van der Waals surface area contributed by atoms with Crippen LogP contribution in [0.25, 0.3) is 53.8 Å². The van der Waals surface area contributed by atoms with Crippen molar-refractivity contribution in [1.29, 1.82) is 0 Å². The second-order valence-corrected chi connectivity index (χ2v) is 24.2. The van der Waals surface area contributed by atoms with E-state index in [2.05, 4.69) is 100 Å². The number of benzene rings is 4. The van der Waals surface area contributed by atoms with Gasteiger partial charge in [0.25, 0.3) is 0 Å². The molecule has 3 aromatic heterocycles. The van der Waals surface area contributed by atoms with Crippen LogP contribution in [-0.2, 0) is 26.5 Å². The fraction of sp³-hybridized carbons (Fsp3) is 0.171. The van der Waals surface area contributed by atoms with E-state index in [-0.39, 0.29) is 26.0 Å². The molecule has 0 N–H and O–H groups in total. The van der Waals surface area contributed by atoms with E-state index in [1.54, 1.807) is 23.6 Å². The van der Waals surface area contributed by atoms with Crippen LogP contribution in [0.3, 0.4) is 0 Å². The van der Waals surface area contributed by atoms with Gasteiger partial charge in [0.1, 0.15) is 0 Å². The largest absolute Gasteiger partial charge is 0 e. The summed E-state index contributed by atoms with van der Waals surface area (Å²) in [5.41, 5.74) is 6.84. The zero-order valence-electron chi connectivity index (χ0n) is 28.8. The summed E-state index contributed by atoms with van der Waals surface area (Å²) in [5, 5.41) is 2.41. The Kier molecular flexibility index (Phi) is 10.2. The van der Waals surface area contributed by atoms with Gasteiger partial charge in [-0.05, 0) is 51.3 Å². The monoisotopic (exact) mass is 859 g/mol. The molecule has 0 aliphatic rings. The van der Waals surface area contributed by atoms with Crippen LogP contribution in [0.4, 0.5) is 0 Å². The Bertz CT molecular complexity index is 2120. The summed E-state index contributed by atoms with van der Waals surface area (Å²) >= 11 is 0.0307. The summed E-state index contributed by atoms with van der Waals surface area (Å²) in [6.07, 6.45) is 2.34. The Balaban J connectivity index is 0.000000224. The zero-order valence-corrected chi connectivity index (χ0v) is 32.1. The minimum absolute atomic E-state index is 0. The molecule has 3 heterocycles. The van der Waals surface area contributed by atoms with Gasteiger partial charge in [0.05, 0.1) is 0 Å². The van der Waals surface area contributed by atoms with E-state index in [1.165, 1.54) is 31.0 Å². The first kappa shape index (κ1) is 31.2. The second kappa shape index (κ2) is 15.0. The van der Waals surface area contributed by atoms with Crippen LogP contribution >= 0.6 is 11.3 Å². The third kappa shape index (κ3) is 7.93. The predicted octanol–water partition coefficient (Wildman–Crippen LogP) is 10.9. The average molecular weight is 858 g/mol. The van der Waals surface area contributed by atoms with Gasteiger partial charge in [-0.2, -0.15) is 11.3 Å². The van der Waals surface area contributed by atoms with Gasteiger partial charge in [-0.1, -0.05) is 73.3 Å². The average Bonchev–Trinajstić information content (AvgIpc) is 3.47. The molecule has 0 unspecified atom stereocenters. The van der Waals surface area contributed by atoms with Crippen molar-refractivity contribution < 1.29 is 22.8 Å². The number of hydrogen-bond donors (Lipinski definition) is 0. The smallest absolute Gasteiger partial charge is 0 e. The van der Waals surface area contributed by atoms with Gasteiger partial charge >= 0.3 is 99.8 Å². The molecule has 0 fully saturated rings. The van der Waals surface area contributed by atoms with Gasteiger partial charge in [0.15, 0.2) is 0 Å². The molecule has 7 rings (SSSR count). The van der Waals surface area contributed by atoms with Gasteiger partial charge in [-0.15, -0.1) is 23.8 Å². The fourth-order valence-corrected chi connectivity index (χ4v) is 8.70. The van der Waals surface area contributed by atoms with E-state index in [9.17, 15) is 0 Å². The van der Waals surface area contributed by atoms with Crippen molar-refractivity contribution in [2.75, 3.05) is 0 Å². The SMILES string of the molecule is [2H]C([2H])(c1ccnc(-c2[c-]ccc3c2sc2cc(-c4ccccc4)ccc23)c1)C(C)C.[CH3][Ge]([CH3])([CH3])[c]1ccc(-c2[c-]cccc2)nc1.[Ir]. The molecule has 2 nitrogen and oxygen atoms in total. The Morgan fingerprint density at radius 1 is 0.761 bits per heavy atom. The normalized spacial score (nSPS) is 12.2. The third-order valence-electron chi connectivity index (χ3n) is 7.63. The van der Waals surface area contributed by atoms with Crippen molar-refractivity contribution in [2.45, 2.75) is 37.5 Å². The molecule has 5 heteroatoms. The van der Waals surface area contributed by atoms with E-state index < -0.39 is 19.6 Å². The molecule has 7 aromatic rings. The Morgan fingerprint density at radius 3 is 2.26 bits per heavy atom. The van der Waals surface area contributed by atoms with Gasteiger partial charge in [-0.25, -0.2) is 0 Å². The number of aromatic nitrogens is 2. The number of fused-ring (bicyclic) bond motifs is 3. The minimum atomic E-state index is -1.72. The van der Waals surface area contributed by atoms with Crippen LogP contribution in [-0.4, -0.2) is 23.2 Å². The molecule has 0 aliphatic carbocycles. The van der Waals surface area contributed by atoms with E-state index in [4.69, 9.17) is 2.74 Å². The van der Waals surface area contributed by atoms with Crippen LogP contribution in [0.1, 0.15) is 22.2 Å². The predicted molar refractivity (Wildman–Crippen MR) is 197 cm³/mol. The topological polar surface area (TPSA) is 25.8 Å². The molecule has 4 aromatic carbocycles. The number of hydrogen-bond acceptors (Lipinski definition) is 3. The first-order valence-corrected chi connectivity index (χ1v) is 23.5. The van der Waals surface area contributed by atoms with Crippen LogP contribution in [0.2, 0.25) is 17.3 Å². The molecular weight excluding hydrogens is 817 g/mol. The van der Waals surface area contributed by atoms with Crippen molar-refractivity contribution >= 4 is 49.2 Å². The molecule has 46 heavy (non-hydrogen) atoms. The maximum Gasteiger partial charge on any atom is 0 e. The first-order valence-electron chi connectivity index (χ1n) is 16.4. The molecule has 0 spiro atoms. The van der Waals surface area contributed by atoms with Crippen molar-refractivity contribution in [2.24, 2.45) is 5.92 Å². The van der Waals surface area contributed by atoms with Gasteiger partial charge in [0.2, 0.25) is 0 Å². The van der Waals surface area contributed by atoms with Crippen molar-refractivity contribution in [3.63, 3.8) is 0 Å². The molecule has 0 bridgehead atoms. The van der Waals surface area contributed by atoms with Crippen LogP contribution in [0.5, 0.6) is 0 Å². The maximum absolute atomic E-state index is 8.47. The van der Waals surface area contributed by atoms with E-state index in [1.807, 2.05) is 62.5 Å². The van der Waals surface area contributed by atoms with Crippen LogP contribution in [0.15, 0.2) is 122 Å². The van der Waals surface area contributed by atoms with E-state index >= 15 is 0 Å². The Morgan fingerprint density at radius 2 is 1.57 bits per heavy atom. The molecule has 0 saturated carbocycles. The molecular formula is C41H38GeIrN2S-2. The summed E-state index contributed by atoms with van der Waals surface area (Å²) in [4.78, 5) is 9.11. The van der Waals surface area contributed by atoms with Crippen LogP contribution < -0.4 is 4.40 Å². The minimum Gasteiger partial charge on any atom is 0 e. The standard InChI is InChI=1S/C27H22NS.C14H16GeN.Ir/c1-18(2)15-19-13-14-28-25(16-19)24-10-6-9-23-22-12-11-21(17-26(22)29-27(23)24)20-7-4-3-5-8-20;1-15(2,3)13-9-10-14(16-11-13)12-7-5-4-6-8-12;/h3-9,11-14,16-18H,15H2,1-2H3;4-7,9-11H,1-3H3;/q2*-1;/i15D2;;. The second-order valence-electron chi connectivity index (χ2n) is 12.5. The molecule has 0 atom stereocenters. The molecule has 0 amide bonds. The van der Waals surface area contributed by atoms with Gasteiger partial charge < -0.3 is 4.98 Å². The Hall–Kier alpha value is -3.41. The number of thiophene rings is 1. The fourth-order valence-electron chi connectivity index (χ4n) is 5.28.